The van der Waals surface area contributed by atoms with E-state index in [9.17, 15) is 9.59 Å². The first-order valence-electron chi connectivity index (χ1n) is 10.2. The number of carbonyl (C=O) groups excluding carboxylic acids is 2. The second-order valence-electron chi connectivity index (χ2n) is 7.49. The Labute approximate surface area is 182 Å². The summed E-state index contributed by atoms with van der Waals surface area (Å²) in [5.74, 6) is -0.0109. The highest BCUT2D eigenvalue weighted by molar-refractivity contribution is 6.46. The van der Waals surface area contributed by atoms with Crippen molar-refractivity contribution in [1.29, 1.82) is 0 Å². The maximum Gasteiger partial charge on any atom is 0.282 e. The van der Waals surface area contributed by atoms with E-state index in [0.29, 0.717) is 29.2 Å². The van der Waals surface area contributed by atoms with Gasteiger partial charge < -0.3 is 10.1 Å². The maximum absolute atomic E-state index is 13.5. The van der Waals surface area contributed by atoms with Gasteiger partial charge in [0.2, 0.25) is 0 Å². The third-order valence-corrected chi connectivity index (χ3v) is 5.09. The SMILES string of the molecule is CCOc1ccc(C2=C(Nc3cccc(C)c3)C(=O)N(c3cccc(C)c3)C2=O)cc1. The van der Waals surface area contributed by atoms with Gasteiger partial charge in [-0.25, -0.2) is 4.90 Å². The Bertz CT molecular complexity index is 1180. The average molecular weight is 412 g/mol. The summed E-state index contributed by atoms with van der Waals surface area (Å²) in [6.45, 7) is 6.38. The molecule has 1 aliphatic heterocycles. The van der Waals surface area contributed by atoms with Crippen molar-refractivity contribution >= 4 is 28.8 Å². The first kappa shape index (κ1) is 20.4. The van der Waals surface area contributed by atoms with E-state index in [2.05, 4.69) is 5.32 Å². The summed E-state index contributed by atoms with van der Waals surface area (Å²) in [5, 5.41) is 3.20. The molecule has 1 N–H and O–H groups in total. The molecule has 3 aromatic carbocycles. The fourth-order valence-corrected chi connectivity index (χ4v) is 3.67. The molecule has 0 saturated carbocycles. The monoisotopic (exact) mass is 412 g/mol. The standard InChI is InChI=1S/C26H24N2O3/c1-4-31-22-13-11-19(12-14-22)23-24(27-20-9-5-7-17(2)15-20)26(30)28(25(23)29)21-10-6-8-18(3)16-21/h5-16,27H,4H2,1-3H3. The molecule has 0 saturated heterocycles. The first-order valence-corrected chi connectivity index (χ1v) is 10.2. The van der Waals surface area contributed by atoms with E-state index in [4.69, 9.17) is 4.74 Å². The summed E-state index contributed by atoms with van der Waals surface area (Å²) in [4.78, 5) is 28.1. The van der Waals surface area contributed by atoms with Crippen molar-refractivity contribution in [3.63, 3.8) is 0 Å². The Hall–Kier alpha value is -3.86. The number of nitrogens with one attached hydrogen (secondary N) is 1. The van der Waals surface area contributed by atoms with Gasteiger partial charge in [-0.15, -0.1) is 0 Å². The van der Waals surface area contributed by atoms with Gasteiger partial charge in [-0.2, -0.15) is 0 Å². The van der Waals surface area contributed by atoms with E-state index >= 15 is 0 Å². The molecule has 0 spiro atoms. The summed E-state index contributed by atoms with van der Waals surface area (Å²) >= 11 is 0. The van der Waals surface area contributed by atoms with Crippen molar-refractivity contribution in [2.75, 3.05) is 16.8 Å². The molecule has 3 aromatic rings. The van der Waals surface area contributed by atoms with Crippen molar-refractivity contribution in [3.05, 3.63) is 95.2 Å². The molecule has 1 aliphatic rings. The summed E-state index contributed by atoms with van der Waals surface area (Å²) in [5.41, 5.74) is 4.61. The Morgan fingerprint density at radius 1 is 0.839 bits per heavy atom. The second kappa shape index (κ2) is 8.48. The Morgan fingerprint density at radius 3 is 2.16 bits per heavy atom. The number of amides is 2. The maximum atomic E-state index is 13.5. The van der Waals surface area contributed by atoms with Gasteiger partial charge in [0, 0.05) is 5.69 Å². The Balaban J connectivity index is 1.80. The van der Waals surface area contributed by atoms with Crippen molar-refractivity contribution < 1.29 is 14.3 Å². The van der Waals surface area contributed by atoms with Crippen molar-refractivity contribution in [2.45, 2.75) is 20.8 Å². The van der Waals surface area contributed by atoms with Gasteiger partial charge in [-0.1, -0.05) is 36.4 Å². The minimum absolute atomic E-state index is 0.265. The van der Waals surface area contributed by atoms with Gasteiger partial charge in [0.1, 0.15) is 11.4 Å². The molecular formula is C26H24N2O3. The molecule has 0 fully saturated rings. The predicted molar refractivity (Wildman–Crippen MR) is 123 cm³/mol. The van der Waals surface area contributed by atoms with E-state index in [1.807, 2.05) is 87.5 Å². The van der Waals surface area contributed by atoms with Crippen LogP contribution in [0, 0.1) is 13.8 Å². The van der Waals surface area contributed by atoms with Crippen LogP contribution in [-0.2, 0) is 9.59 Å². The predicted octanol–water partition coefficient (Wildman–Crippen LogP) is 5.10. The minimum Gasteiger partial charge on any atom is -0.494 e. The van der Waals surface area contributed by atoms with Crippen LogP contribution in [0.3, 0.4) is 0 Å². The van der Waals surface area contributed by atoms with Crippen LogP contribution in [0.25, 0.3) is 5.57 Å². The number of anilines is 2. The molecule has 0 aliphatic carbocycles. The van der Waals surface area contributed by atoms with Crippen LogP contribution in [0.5, 0.6) is 5.75 Å². The van der Waals surface area contributed by atoms with Gasteiger partial charge in [-0.3, -0.25) is 9.59 Å². The van der Waals surface area contributed by atoms with Gasteiger partial charge in [-0.05, 0) is 73.9 Å². The molecule has 1 heterocycles. The van der Waals surface area contributed by atoms with Gasteiger partial charge in [0.05, 0.1) is 17.9 Å². The number of ether oxygens (including phenoxy) is 1. The van der Waals surface area contributed by atoms with Gasteiger partial charge in [0.25, 0.3) is 11.8 Å². The molecule has 0 unspecified atom stereocenters. The van der Waals surface area contributed by atoms with E-state index < -0.39 is 0 Å². The lowest BCUT2D eigenvalue weighted by atomic mass is 10.0. The van der Waals surface area contributed by atoms with Crippen LogP contribution in [-0.4, -0.2) is 18.4 Å². The van der Waals surface area contributed by atoms with E-state index in [1.165, 1.54) is 4.90 Å². The van der Waals surface area contributed by atoms with Crippen LogP contribution in [0.4, 0.5) is 11.4 Å². The zero-order valence-electron chi connectivity index (χ0n) is 17.8. The molecule has 0 radical (unpaired) electrons. The lowest BCUT2D eigenvalue weighted by molar-refractivity contribution is -0.120. The number of nitrogens with zero attached hydrogens (tertiary/aromatic N) is 1. The van der Waals surface area contributed by atoms with Gasteiger partial charge in [0.15, 0.2) is 0 Å². The molecule has 156 valence electrons. The molecule has 4 rings (SSSR count). The molecule has 31 heavy (non-hydrogen) atoms. The van der Waals surface area contributed by atoms with E-state index in [0.717, 1.165) is 16.8 Å². The molecular weight excluding hydrogens is 388 g/mol. The van der Waals surface area contributed by atoms with Crippen LogP contribution in [0.15, 0.2) is 78.5 Å². The molecule has 0 aromatic heterocycles. The molecule has 2 amide bonds. The molecule has 0 atom stereocenters. The Kier molecular flexibility index (Phi) is 5.58. The summed E-state index contributed by atoms with van der Waals surface area (Å²) in [6, 6.07) is 22.3. The highest BCUT2D eigenvalue weighted by atomic mass is 16.5. The fourth-order valence-electron chi connectivity index (χ4n) is 3.67. The number of hydrogen-bond acceptors (Lipinski definition) is 4. The number of imide groups is 1. The largest absolute Gasteiger partial charge is 0.494 e. The molecule has 0 bridgehead atoms. The van der Waals surface area contributed by atoms with Crippen LogP contribution in [0.2, 0.25) is 0 Å². The molecule has 5 heteroatoms. The van der Waals surface area contributed by atoms with Crippen LogP contribution in [0.1, 0.15) is 23.6 Å². The Morgan fingerprint density at radius 2 is 1.52 bits per heavy atom. The minimum atomic E-state index is -0.374. The third-order valence-electron chi connectivity index (χ3n) is 5.09. The summed E-state index contributed by atoms with van der Waals surface area (Å²) < 4.78 is 5.52. The normalized spacial score (nSPS) is 13.7. The quantitative estimate of drug-likeness (QED) is 0.573. The first-order chi connectivity index (χ1) is 15.0. The lowest BCUT2D eigenvalue weighted by Gasteiger charge is -2.16. The van der Waals surface area contributed by atoms with E-state index in [-0.39, 0.29) is 17.5 Å². The summed E-state index contributed by atoms with van der Waals surface area (Å²) in [6.07, 6.45) is 0. The topological polar surface area (TPSA) is 58.6 Å². The van der Waals surface area contributed by atoms with E-state index in [1.54, 1.807) is 6.07 Å². The fraction of sp³-hybridized carbons (Fsp3) is 0.154. The van der Waals surface area contributed by atoms with Crippen molar-refractivity contribution in [2.24, 2.45) is 0 Å². The molecule has 5 nitrogen and oxygen atoms in total. The highest BCUT2D eigenvalue weighted by Crippen LogP contribution is 2.34. The smallest absolute Gasteiger partial charge is 0.282 e. The van der Waals surface area contributed by atoms with Crippen molar-refractivity contribution in [1.82, 2.24) is 0 Å². The zero-order valence-corrected chi connectivity index (χ0v) is 17.8. The second-order valence-corrected chi connectivity index (χ2v) is 7.49. The van der Waals surface area contributed by atoms with Crippen LogP contribution >= 0.6 is 0 Å². The van der Waals surface area contributed by atoms with Crippen molar-refractivity contribution in [3.8, 4) is 5.75 Å². The number of hydrogen-bond donors (Lipinski definition) is 1. The zero-order chi connectivity index (χ0) is 22.0. The number of aryl methyl sites for hydroxylation is 2. The number of rotatable bonds is 6. The van der Waals surface area contributed by atoms with Gasteiger partial charge >= 0.3 is 0 Å². The summed E-state index contributed by atoms with van der Waals surface area (Å²) in [7, 11) is 0. The average Bonchev–Trinajstić information content (AvgIpc) is 2.98. The highest BCUT2D eigenvalue weighted by Gasteiger charge is 2.40. The third kappa shape index (κ3) is 4.08. The number of carbonyl (C=O) groups is 2. The van der Waals surface area contributed by atoms with Crippen LogP contribution < -0.4 is 15.0 Å². The number of benzene rings is 3. The lowest BCUT2D eigenvalue weighted by Crippen LogP contribution is -2.32.